The second-order valence-corrected chi connectivity index (χ2v) is 4.25. The van der Waals surface area contributed by atoms with E-state index in [-0.39, 0.29) is 0 Å². The number of rotatable bonds is 1. The number of hydrogen-bond acceptors (Lipinski definition) is 4. The highest BCUT2D eigenvalue weighted by molar-refractivity contribution is 5.80. The predicted molar refractivity (Wildman–Crippen MR) is 74.9 cm³/mol. The minimum Gasteiger partial charge on any atom is -0.369 e. The Balaban J connectivity index is 2.30. The predicted octanol–water partition coefficient (Wildman–Crippen LogP) is 2.35. The summed E-state index contributed by atoms with van der Waals surface area (Å²) in [5.41, 5.74) is 8.98. The van der Waals surface area contributed by atoms with E-state index in [1.807, 2.05) is 36.4 Å². The van der Waals surface area contributed by atoms with E-state index < -0.39 is 0 Å². The van der Waals surface area contributed by atoms with Crippen LogP contribution in [0.3, 0.4) is 0 Å². The van der Waals surface area contributed by atoms with Gasteiger partial charge in [-0.2, -0.15) is 10.5 Å². The first-order valence-electron chi connectivity index (χ1n) is 5.92. The van der Waals surface area contributed by atoms with Crippen LogP contribution in [0.15, 0.2) is 42.5 Å². The van der Waals surface area contributed by atoms with Gasteiger partial charge in [-0.1, -0.05) is 12.1 Å². The van der Waals surface area contributed by atoms with Crippen molar-refractivity contribution >= 4 is 17.0 Å². The normalized spacial score (nSPS) is 10.1. The van der Waals surface area contributed by atoms with E-state index in [0.29, 0.717) is 22.8 Å². The van der Waals surface area contributed by atoms with Crippen molar-refractivity contribution in [1.82, 2.24) is 9.55 Å². The first kappa shape index (κ1) is 11.8. The number of aromatic nitrogens is 2. The molecule has 5 nitrogen and oxygen atoms in total. The lowest BCUT2D eigenvalue weighted by Gasteiger charge is -2.07. The first-order chi connectivity index (χ1) is 9.74. The maximum absolute atomic E-state index is 9.10. The number of hydrogen-bond donors (Lipinski definition) is 1. The molecule has 0 aliphatic carbocycles. The topological polar surface area (TPSA) is 91.4 Å². The Hall–Kier alpha value is -3.31. The number of nitrogens with zero attached hydrogens (tertiary/aromatic N) is 4. The zero-order chi connectivity index (χ0) is 14.1. The molecule has 2 N–H and O–H groups in total. The number of nitrogens with two attached hydrogens (primary N) is 1. The lowest BCUT2D eigenvalue weighted by atomic mass is 10.1. The summed E-state index contributed by atoms with van der Waals surface area (Å²) in [5, 5.41) is 18.0. The Morgan fingerprint density at radius 2 is 1.75 bits per heavy atom. The molecule has 0 fully saturated rings. The van der Waals surface area contributed by atoms with Crippen molar-refractivity contribution in [3.8, 4) is 17.8 Å². The fourth-order valence-corrected chi connectivity index (χ4v) is 2.18. The summed E-state index contributed by atoms with van der Waals surface area (Å²) >= 11 is 0. The second-order valence-electron chi connectivity index (χ2n) is 4.25. The van der Waals surface area contributed by atoms with E-state index in [9.17, 15) is 0 Å². The molecule has 0 saturated carbocycles. The molecule has 94 valence electrons. The van der Waals surface area contributed by atoms with Crippen LogP contribution in [-0.4, -0.2) is 9.55 Å². The Bertz CT molecular complexity index is 893. The van der Waals surface area contributed by atoms with Gasteiger partial charge in [-0.3, -0.25) is 4.57 Å². The fourth-order valence-electron chi connectivity index (χ4n) is 2.18. The van der Waals surface area contributed by atoms with E-state index in [1.165, 1.54) is 0 Å². The molecule has 0 bridgehead atoms. The zero-order valence-corrected chi connectivity index (χ0v) is 10.4. The van der Waals surface area contributed by atoms with Crippen LogP contribution in [0.4, 0.5) is 5.95 Å². The van der Waals surface area contributed by atoms with Crippen LogP contribution in [0.2, 0.25) is 0 Å². The van der Waals surface area contributed by atoms with Crippen molar-refractivity contribution in [2.24, 2.45) is 0 Å². The summed E-state index contributed by atoms with van der Waals surface area (Å²) < 4.78 is 1.76. The minimum atomic E-state index is 0.321. The standard InChI is InChI=1S/C15H9N5/c16-8-10-5-6-12(7-11(10)9-17)20-14-4-2-1-3-13(14)19-15(20)18/h1-7H,(H2,18,19). The fraction of sp³-hybridized carbons (Fsp3) is 0. The molecule has 0 saturated heterocycles. The van der Waals surface area contributed by atoms with Gasteiger partial charge in [-0.05, 0) is 30.3 Å². The molecule has 3 aromatic rings. The van der Waals surface area contributed by atoms with Gasteiger partial charge < -0.3 is 5.73 Å². The van der Waals surface area contributed by atoms with Crippen LogP contribution in [0.25, 0.3) is 16.7 Å². The van der Waals surface area contributed by atoms with E-state index in [0.717, 1.165) is 11.0 Å². The van der Waals surface area contributed by atoms with Gasteiger partial charge in [0.05, 0.1) is 27.8 Å². The number of para-hydroxylation sites is 2. The van der Waals surface area contributed by atoms with Gasteiger partial charge >= 0.3 is 0 Å². The largest absolute Gasteiger partial charge is 0.369 e. The van der Waals surface area contributed by atoms with Crippen LogP contribution in [-0.2, 0) is 0 Å². The van der Waals surface area contributed by atoms with Crippen LogP contribution in [0, 0.1) is 22.7 Å². The van der Waals surface area contributed by atoms with Crippen LogP contribution < -0.4 is 5.73 Å². The quantitative estimate of drug-likeness (QED) is 0.726. The van der Waals surface area contributed by atoms with E-state index in [4.69, 9.17) is 16.3 Å². The van der Waals surface area contributed by atoms with Gasteiger partial charge in [0, 0.05) is 0 Å². The van der Waals surface area contributed by atoms with Crippen LogP contribution >= 0.6 is 0 Å². The molecule has 0 radical (unpaired) electrons. The van der Waals surface area contributed by atoms with Gasteiger partial charge in [-0.15, -0.1) is 0 Å². The maximum Gasteiger partial charge on any atom is 0.205 e. The highest BCUT2D eigenvalue weighted by Crippen LogP contribution is 2.24. The van der Waals surface area contributed by atoms with Crippen molar-refractivity contribution < 1.29 is 0 Å². The van der Waals surface area contributed by atoms with E-state index in [2.05, 4.69) is 4.98 Å². The SMILES string of the molecule is N#Cc1ccc(-n2c(N)nc3ccccc32)cc1C#N. The zero-order valence-electron chi connectivity index (χ0n) is 10.4. The molecule has 2 aromatic carbocycles. The Kier molecular flexibility index (Phi) is 2.60. The lowest BCUT2D eigenvalue weighted by Crippen LogP contribution is -2.01. The van der Waals surface area contributed by atoms with Crippen molar-refractivity contribution in [3.63, 3.8) is 0 Å². The molecule has 1 heterocycles. The average molecular weight is 259 g/mol. The number of fused-ring (bicyclic) bond motifs is 1. The Morgan fingerprint density at radius 1 is 1.00 bits per heavy atom. The number of nitrogen functional groups attached to an aromatic ring is 1. The molecule has 0 spiro atoms. The molecule has 0 aliphatic rings. The summed E-state index contributed by atoms with van der Waals surface area (Å²) in [7, 11) is 0. The minimum absolute atomic E-state index is 0.321. The van der Waals surface area contributed by atoms with E-state index in [1.54, 1.807) is 22.8 Å². The molecule has 20 heavy (non-hydrogen) atoms. The van der Waals surface area contributed by atoms with Gasteiger partial charge in [0.15, 0.2) is 0 Å². The Morgan fingerprint density at radius 3 is 2.50 bits per heavy atom. The monoisotopic (exact) mass is 259 g/mol. The lowest BCUT2D eigenvalue weighted by molar-refractivity contribution is 1.11. The summed E-state index contributed by atoms with van der Waals surface area (Å²) in [5.74, 6) is 0.347. The van der Waals surface area contributed by atoms with Crippen molar-refractivity contribution in [2.45, 2.75) is 0 Å². The molecule has 5 heteroatoms. The van der Waals surface area contributed by atoms with Gasteiger partial charge in [0.25, 0.3) is 0 Å². The highest BCUT2D eigenvalue weighted by Gasteiger charge is 2.11. The van der Waals surface area contributed by atoms with Gasteiger partial charge in [0.2, 0.25) is 5.95 Å². The molecule has 0 aliphatic heterocycles. The Labute approximate surface area is 115 Å². The van der Waals surface area contributed by atoms with Gasteiger partial charge in [-0.25, -0.2) is 4.98 Å². The first-order valence-corrected chi connectivity index (χ1v) is 5.92. The molecule has 3 rings (SSSR count). The van der Waals surface area contributed by atoms with E-state index >= 15 is 0 Å². The smallest absolute Gasteiger partial charge is 0.205 e. The third kappa shape index (κ3) is 1.66. The molecule has 0 unspecified atom stereocenters. The van der Waals surface area contributed by atoms with Crippen molar-refractivity contribution in [1.29, 1.82) is 10.5 Å². The van der Waals surface area contributed by atoms with Crippen molar-refractivity contribution in [3.05, 3.63) is 53.6 Å². The second kappa shape index (κ2) is 4.42. The molecule has 0 atom stereocenters. The van der Waals surface area contributed by atoms with Crippen LogP contribution in [0.1, 0.15) is 11.1 Å². The molecule has 1 aromatic heterocycles. The summed E-state index contributed by atoms with van der Waals surface area (Å²) in [6, 6.07) is 16.6. The molecule has 0 amide bonds. The maximum atomic E-state index is 9.10. The molecular weight excluding hydrogens is 250 g/mol. The average Bonchev–Trinajstić information content (AvgIpc) is 2.82. The summed E-state index contributed by atoms with van der Waals surface area (Å²) in [6.07, 6.45) is 0. The summed E-state index contributed by atoms with van der Waals surface area (Å²) in [4.78, 5) is 4.28. The number of imidazole rings is 1. The van der Waals surface area contributed by atoms with Crippen molar-refractivity contribution in [2.75, 3.05) is 5.73 Å². The number of nitriles is 2. The number of anilines is 1. The molecular formula is C15H9N5. The highest BCUT2D eigenvalue weighted by atomic mass is 15.2. The van der Waals surface area contributed by atoms with Gasteiger partial charge in [0.1, 0.15) is 12.1 Å². The van der Waals surface area contributed by atoms with Crippen LogP contribution in [0.5, 0.6) is 0 Å². The number of benzene rings is 2. The third-order valence-electron chi connectivity index (χ3n) is 3.09. The third-order valence-corrected chi connectivity index (χ3v) is 3.09. The summed E-state index contributed by atoms with van der Waals surface area (Å²) in [6.45, 7) is 0.